The van der Waals surface area contributed by atoms with Gasteiger partial charge in [-0.2, -0.15) is 0 Å². The third-order valence-corrected chi connectivity index (χ3v) is 2.14. The lowest BCUT2D eigenvalue weighted by molar-refractivity contribution is 1.10. The highest BCUT2D eigenvalue weighted by molar-refractivity contribution is 5.55. The second-order valence-corrected chi connectivity index (χ2v) is 3.28. The average Bonchev–Trinajstić information content (AvgIpc) is 2.31. The molecule has 2 aromatic rings. The Morgan fingerprint density at radius 3 is 2.93 bits per heavy atom. The van der Waals surface area contributed by atoms with E-state index in [0.717, 1.165) is 17.9 Å². The van der Waals surface area contributed by atoms with Crippen molar-refractivity contribution >= 4 is 11.5 Å². The van der Waals surface area contributed by atoms with Crippen molar-refractivity contribution in [2.45, 2.75) is 13.3 Å². The topological polar surface area (TPSA) is 37.8 Å². The van der Waals surface area contributed by atoms with Gasteiger partial charge in [-0.25, -0.2) is 4.98 Å². The van der Waals surface area contributed by atoms with E-state index in [0.29, 0.717) is 0 Å². The van der Waals surface area contributed by atoms with Crippen LogP contribution in [0.15, 0.2) is 42.9 Å². The zero-order valence-electron chi connectivity index (χ0n) is 8.64. The van der Waals surface area contributed by atoms with Crippen molar-refractivity contribution in [1.82, 2.24) is 9.97 Å². The van der Waals surface area contributed by atoms with Crippen molar-refractivity contribution in [1.29, 1.82) is 0 Å². The monoisotopic (exact) mass is 199 g/mol. The van der Waals surface area contributed by atoms with Crippen LogP contribution in [-0.2, 0) is 6.42 Å². The predicted molar refractivity (Wildman–Crippen MR) is 61.1 cm³/mol. The quantitative estimate of drug-likeness (QED) is 0.826. The minimum atomic E-state index is 0.840. The normalized spacial score (nSPS) is 9.93. The fourth-order valence-corrected chi connectivity index (χ4v) is 1.33. The molecule has 1 N–H and O–H groups in total. The number of hydrogen-bond acceptors (Lipinski definition) is 3. The molecule has 15 heavy (non-hydrogen) atoms. The van der Waals surface area contributed by atoms with Gasteiger partial charge in [-0.05, 0) is 30.2 Å². The highest BCUT2D eigenvalue weighted by Crippen LogP contribution is 2.14. The Morgan fingerprint density at radius 2 is 2.20 bits per heavy atom. The molecule has 76 valence electrons. The summed E-state index contributed by atoms with van der Waals surface area (Å²) < 4.78 is 0. The molecule has 0 bridgehead atoms. The molecule has 2 aromatic heterocycles. The van der Waals surface area contributed by atoms with E-state index in [4.69, 9.17) is 0 Å². The van der Waals surface area contributed by atoms with E-state index in [1.54, 1.807) is 12.4 Å². The summed E-state index contributed by atoms with van der Waals surface area (Å²) in [6.07, 6.45) is 6.43. The molecule has 2 heterocycles. The number of rotatable bonds is 3. The summed E-state index contributed by atoms with van der Waals surface area (Å²) in [4.78, 5) is 8.35. The molecule has 0 saturated carbocycles. The van der Waals surface area contributed by atoms with Crippen LogP contribution < -0.4 is 5.32 Å². The fraction of sp³-hybridized carbons (Fsp3) is 0.167. The Labute approximate surface area is 89.2 Å². The van der Waals surface area contributed by atoms with Crippen LogP contribution in [0.1, 0.15) is 12.5 Å². The van der Waals surface area contributed by atoms with Gasteiger partial charge in [0, 0.05) is 12.4 Å². The van der Waals surface area contributed by atoms with E-state index >= 15 is 0 Å². The van der Waals surface area contributed by atoms with E-state index in [1.165, 1.54) is 5.56 Å². The molecular formula is C12H13N3. The van der Waals surface area contributed by atoms with Crippen molar-refractivity contribution in [3.8, 4) is 0 Å². The van der Waals surface area contributed by atoms with Crippen molar-refractivity contribution in [2.24, 2.45) is 0 Å². The number of aromatic nitrogens is 2. The van der Waals surface area contributed by atoms with Crippen molar-refractivity contribution in [3.05, 3.63) is 48.4 Å². The van der Waals surface area contributed by atoms with Gasteiger partial charge in [0.25, 0.3) is 0 Å². The van der Waals surface area contributed by atoms with E-state index in [2.05, 4.69) is 28.3 Å². The van der Waals surface area contributed by atoms with Crippen molar-refractivity contribution in [3.63, 3.8) is 0 Å². The number of hydrogen-bond donors (Lipinski definition) is 1. The molecule has 3 heteroatoms. The van der Waals surface area contributed by atoms with Crippen LogP contribution in [0, 0.1) is 0 Å². The van der Waals surface area contributed by atoms with Crippen LogP contribution in [-0.4, -0.2) is 9.97 Å². The molecule has 0 saturated heterocycles. The van der Waals surface area contributed by atoms with Gasteiger partial charge in [-0.15, -0.1) is 0 Å². The summed E-state index contributed by atoms with van der Waals surface area (Å²) in [5.41, 5.74) is 2.20. The molecule has 3 nitrogen and oxygen atoms in total. The lowest BCUT2D eigenvalue weighted by Gasteiger charge is -2.05. The van der Waals surface area contributed by atoms with Crippen molar-refractivity contribution in [2.75, 3.05) is 5.32 Å². The summed E-state index contributed by atoms with van der Waals surface area (Å²) in [7, 11) is 0. The van der Waals surface area contributed by atoms with Gasteiger partial charge < -0.3 is 5.32 Å². The molecule has 0 fully saturated rings. The van der Waals surface area contributed by atoms with Gasteiger partial charge in [0.1, 0.15) is 5.82 Å². The largest absolute Gasteiger partial charge is 0.339 e. The summed E-state index contributed by atoms with van der Waals surface area (Å²) in [6, 6.07) is 7.86. The molecule has 0 aliphatic carbocycles. The number of aryl methyl sites for hydroxylation is 1. The zero-order valence-corrected chi connectivity index (χ0v) is 8.64. The Hall–Kier alpha value is -1.90. The zero-order chi connectivity index (χ0) is 10.5. The molecule has 0 aliphatic rings. The molecule has 0 amide bonds. The van der Waals surface area contributed by atoms with Gasteiger partial charge in [-0.3, -0.25) is 4.98 Å². The molecule has 0 radical (unpaired) electrons. The maximum absolute atomic E-state index is 4.19. The van der Waals surface area contributed by atoms with Crippen molar-refractivity contribution < 1.29 is 0 Å². The Bertz CT molecular complexity index is 426. The third-order valence-electron chi connectivity index (χ3n) is 2.14. The van der Waals surface area contributed by atoms with Crippen LogP contribution in [0.5, 0.6) is 0 Å². The molecule has 0 spiro atoms. The first-order valence-corrected chi connectivity index (χ1v) is 5.00. The summed E-state index contributed by atoms with van der Waals surface area (Å²) >= 11 is 0. The van der Waals surface area contributed by atoms with E-state index in [1.807, 2.05) is 24.4 Å². The Kier molecular flexibility index (Phi) is 2.93. The summed E-state index contributed by atoms with van der Waals surface area (Å²) in [6.45, 7) is 2.11. The summed E-state index contributed by atoms with van der Waals surface area (Å²) in [5.74, 6) is 0.840. The van der Waals surface area contributed by atoms with Crippen LogP contribution >= 0.6 is 0 Å². The fourth-order valence-electron chi connectivity index (χ4n) is 1.33. The maximum atomic E-state index is 4.19. The van der Waals surface area contributed by atoms with Crippen LogP contribution in [0.2, 0.25) is 0 Å². The molecule has 0 unspecified atom stereocenters. The smallest absolute Gasteiger partial charge is 0.130 e. The number of nitrogens with one attached hydrogen (secondary N) is 1. The van der Waals surface area contributed by atoms with Gasteiger partial charge >= 0.3 is 0 Å². The lowest BCUT2D eigenvalue weighted by Crippen LogP contribution is -1.94. The van der Waals surface area contributed by atoms with Crippen LogP contribution in [0.4, 0.5) is 11.5 Å². The highest BCUT2D eigenvalue weighted by Gasteiger charge is 1.96. The van der Waals surface area contributed by atoms with Gasteiger partial charge in [0.2, 0.25) is 0 Å². The van der Waals surface area contributed by atoms with E-state index < -0.39 is 0 Å². The van der Waals surface area contributed by atoms with Crippen LogP contribution in [0.3, 0.4) is 0 Å². The molecule has 0 atom stereocenters. The van der Waals surface area contributed by atoms with Gasteiger partial charge in [-0.1, -0.05) is 13.0 Å². The van der Waals surface area contributed by atoms with Gasteiger partial charge in [0.05, 0.1) is 11.9 Å². The minimum absolute atomic E-state index is 0.840. The molecule has 2 rings (SSSR count). The predicted octanol–water partition coefficient (Wildman–Crippen LogP) is 2.78. The second kappa shape index (κ2) is 4.55. The third kappa shape index (κ3) is 2.53. The second-order valence-electron chi connectivity index (χ2n) is 3.28. The molecular weight excluding hydrogens is 186 g/mol. The first-order chi connectivity index (χ1) is 7.38. The lowest BCUT2D eigenvalue weighted by atomic mass is 10.2. The maximum Gasteiger partial charge on any atom is 0.130 e. The average molecular weight is 199 g/mol. The highest BCUT2D eigenvalue weighted by atomic mass is 15.0. The molecule has 0 aromatic carbocycles. The number of anilines is 2. The van der Waals surface area contributed by atoms with E-state index in [-0.39, 0.29) is 0 Å². The molecule has 0 aliphatic heterocycles. The first kappa shape index (κ1) is 9.65. The minimum Gasteiger partial charge on any atom is -0.339 e. The Morgan fingerprint density at radius 1 is 1.27 bits per heavy atom. The van der Waals surface area contributed by atoms with E-state index in [9.17, 15) is 0 Å². The number of nitrogens with zero attached hydrogens (tertiary/aromatic N) is 2. The Balaban J connectivity index is 2.17. The SMILES string of the molecule is CCc1cncc(Nc2ccccn2)c1. The standard InChI is InChI=1S/C12H13N3/c1-2-10-7-11(9-13-8-10)15-12-5-3-4-6-14-12/h3-9H,2H2,1H3,(H,14,15). The number of pyridine rings is 2. The summed E-state index contributed by atoms with van der Waals surface area (Å²) in [5, 5.41) is 3.20. The van der Waals surface area contributed by atoms with Crippen LogP contribution in [0.25, 0.3) is 0 Å². The van der Waals surface area contributed by atoms with Gasteiger partial charge in [0.15, 0.2) is 0 Å². The first-order valence-electron chi connectivity index (χ1n) is 5.00.